The standard InChI is InChI=1S/C11H18O2S/c1-3-4-7-14-9-11(5-6-11)8-10(12)13-2/h3H,1,4-9H2,2H3. The molecule has 3 heteroatoms. The summed E-state index contributed by atoms with van der Waals surface area (Å²) in [6, 6.07) is 0. The Morgan fingerprint density at radius 2 is 2.36 bits per heavy atom. The number of carbonyl (C=O) groups is 1. The van der Waals surface area contributed by atoms with E-state index >= 15 is 0 Å². The Balaban J connectivity index is 2.15. The minimum absolute atomic E-state index is 0.0631. The van der Waals surface area contributed by atoms with Crippen LogP contribution in [0.3, 0.4) is 0 Å². The highest BCUT2D eigenvalue weighted by Crippen LogP contribution is 2.51. The summed E-state index contributed by atoms with van der Waals surface area (Å²) in [6.45, 7) is 3.68. The second-order valence-electron chi connectivity index (χ2n) is 3.88. The fraction of sp³-hybridized carbons (Fsp3) is 0.727. The third kappa shape index (κ3) is 3.74. The van der Waals surface area contributed by atoms with Gasteiger partial charge in [-0.2, -0.15) is 11.8 Å². The van der Waals surface area contributed by atoms with Gasteiger partial charge in [-0.05, 0) is 36.2 Å². The number of rotatable bonds is 7. The average Bonchev–Trinajstić information content (AvgIpc) is 2.93. The molecule has 14 heavy (non-hydrogen) atoms. The van der Waals surface area contributed by atoms with E-state index in [2.05, 4.69) is 11.3 Å². The first-order valence-electron chi connectivity index (χ1n) is 4.98. The predicted octanol–water partition coefficient (Wildman–Crippen LogP) is 2.64. The van der Waals surface area contributed by atoms with Gasteiger partial charge in [-0.3, -0.25) is 4.79 Å². The smallest absolute Gasteiger partial charge is 0.306 e. The average molecular weight is 214 g/mol. The van der Waals surface area contributed by atoms with E-state index in [1.54, 1.807) is 0 Å². The summed E-state index contributed by atoms with van der Waals surface area (Å²) in [5.74, 6) is 2.15. The number of ether oxygens (including phenoxy) is 1. The minimum Gasteiger partial charge on any atom is -0.469 e. The molecule has 0 bridgehead atoms. The van der Waals surface area contributed by atoms with Gasteiger partial charge >= 0.3 is 5.97 Å². The first-order valence-corrected chi connectivity index (χ1v) is 6.13. The van der Waals surface area contributed by atoms with Gasteiger partial charge in [-0.1, -0.05) is 6.08 Å². The molecule has 1 aliphatic carbocycles. The lowest BCUT2D eigenvalue weighted by Crippen LogP contribution is -2.13. The molecule has 0 unspecified atom stereocenters. The van der Waals surface area contributed by atoms with E-state index in [-0.39, 0.29) is 11.4 Å². The molecule has 0 aromatic carbocycles. The Morgan fingerprint density at radius 1 is 1.64 bits per heavy atom. The van der Waals surface area contributed by atoms with Crippen LogP contribution in [0.5, 0.6) is 0 Å². The second kappa shape index (κ2) is 5.44. The molecule has 80 valence electrons. The largest absolute Gasteiger partial charge is 0.469 e. The molecule has 0 aromatic heterocycles. The normalized spacial score (nSPS) is 17.5. The molecule has 1 fully saturated rings. The molecule has 1 rings (SSSR count). The minimum atomic E-state index is -0.0631. The number of esters is 1. The molecule has 0 heterocycles. The van der Waals surface area contributed by atoms with Gasteiger partial charge in [0.15, 0.2) is 0 Å². The molecule has 0 saturated heterocycles. The van der Waals surface area contributed by atoms with Gasteiger partial charge in [0.25, 0.3) is 0 Å². The van der Waals surface area contributed by atoms with Crippen molar-refractivity contribution in [3.8, 4) is 0 Å². The first kappa shape index (κ1) is 11.6. The predicted molar refractivity (Wildman–Crippen MR) is 60.4 cm³/mol. The molecule has 0 radical (unpaired) electrons. The highest BCUT2D eigenvalue weighted by Gasteiger charge is 2.44. The topological polar surface area (TPSA) is 26.3 Å². The third-order valence-electron chi connectivity index (χ3n) is 2.58. The number of methoxy groups -OCH3 is 1. The zero-order valence-electron chi connectivity index (χ0n) is 8.75. The van der Waals surface area contributed by atoms with Crippen LogP contribution in [0.1, 0.15) is 25.7 Å². The van der Waals surface area contributed by atoms with Gasteiger partial charge < -0.3 is 4.74 Å². The lowest BCUT2D eigenvalue weighted by Gasteiger charge is -2.12. The summed E-state index contributed by atoms with van der Waals surface area (Å²) < 4.78 is 4.69. The molecule has 1 saturated carbocycles. The molecule has 1 aliphatic rings. The van der Waals surface area contributed by atoms with Crippen molar-refractivity contribution in [1.29, 1.82) is 0 Å². The van der Waals surface area contributed by atoms with Gasteiger partial charge in [0.2, 0.25) is 0 Å². The Kier molecular flexibility index (Phi) is 4.52. The second-order valence-corrected chi connectivity index (χ2v) is 4.99. The monoisotopic (exact) mass is 214 g/mol. The summed E-state index contributed by atoms with van der Waals surface area (Å²) in [5, 5.41) is 0. The van der Waals surface area contributed by atoms with Crippen molar-refractivity contribution >= 4 is 17.7 Å². The Labute approximate surface area is 90.1 Å². The number of hydrogen-bond acceptors (Lipinski definition) is 3. The van der Waals surface area contributed by atoms with Crippen molar-refractivity contribution in [1.82, 2.24) is 0 Å². The maximum absolute atomic E-state index is 11.1. The molecule has 0 aromatic rings. The molecular weight excluding hydrogens is 196 g/mol. The Bertz CT molecular complexity index is 209. The maximum atomic E-state index is 11.1. The maximum Gasteiger partial charge on any atom is 0.306 e. The number of carbonyl (C=O) groups excluding carboxylic acids is 1. The van der Waals surface area contributed by atoms with Crippen LogP contribution in [0.4, 0.5) is 0 Å². The Morgan fingerprint density at radius 3 is 2.86 bits per heavy atom. The van der Waals surface area contributed by atoms with E-state index in [1.165, 1.54) is 20.0 Å². The van der Waals surface area contributed by atoms with E-state index in [9.17, 15) is 4.79 Å². The van der Waals surface area contributed by atoms with Crippen molar-refractivity contribution in [2.45, 2.75) is 25.7 Å². The third-order valence-corrected chi connectivity index (χ3v) is 3.92. The molecular formula is C11H18O2S. The van der Waals surface area contributed by atoms with Crippen LogP contribution in [0.25, 0.3) is 0 Å². The van der Waals surface area contributed by atoms with Crippen LogP contribution in [-0.2, 0) is 9.53 Å². The number of thioether (sulfide) groups is 1. The Hall–Kier alpha value is -0.440. The van der Waals surface area contributed by atoms with E-state index in [1.807, 2.05) is 17.8 Å². The molecule has 0 amide bonds. The fourth-order valence-electron chi connectivity index (χ4n) is 1.38. The summed E-state index contributed by atoms with van der Waals surface area (Å²) in [5.41, 5.74) is 0.277. The van der Waals surface area contributed by atoms with Crippen molar-refractivity contribution < 1.29 is 9.53 Å². The molecule has 0 aliphatic heterocycles. The van der Waals surface area contributed by atoms with Crippen LogP contribution in [0.15, 0.2) is 12.7 Å². The zero-order valence-corrected chi connectivity index (χ0v) is 9.57. The van der Waals surface area contributed by atoms with Gasteiger partial charge in [-0.15, -0.1) is 6.58 Å². The van der Waals surface area contributed by atoms with Gasteiger partial charge in [0.05, 0.1) is 13.5 Å². The van der Waals surface area contributed by atoms with Crippen LogP contribution in [0, 0.1) is 5.41 Å². The van der Waals surface area contributed by atoms with E-state index in [0.717, 1.165) is 17.9 Å². The van der Waals surface area contributed by atoms with Crippen LogP contribution < -0.4 is 0 Å². The zero-order chi connectivity index (χ0) is 10.4. The fourth-order valence-corrected chi connectivity index (χ4v) is 2.68. The van der Waals surface area contributed by atoms with E-state index < -0.39 is 0 Å². The number of hydrogen-bond donors (Lipinski definition) is 0. The highest BCUT2D eigenvalue weighted by molar-refractivity contribution is 7.99. The summed E-state index contributed by atoms with van der Waals surface area (Å²) >= 11 is 1.92. The quantitative estimate of drug-likeness (QED) is 0.370. The van der Waals surface area contributed by atoms with Crippen molar-refractivity contribution in [2.75, 3.05) is 18.6 Å². The van der Waals surface area contributed by atoms with Crippen LogP contribution in [-0.4, -0.2) is 24.6 Å². The molecule has 0 N–H and O–H groups in total. The summed E-state index contributed by atoms with van der Waals surface area (Å²) in [7, 11) is 1.46. The number of allylic oxidation sites excluding steroid dienone is 1. The van der Waals surface area contributed by atoms with Crippen molar-refractivity contribution in [3.05, 3.63) is 12.7 Å². The van der Waals surface area contributed by atoms with E-state index in [4.69, 9.17) is 0 Å². The first-order chi connectivity index (χ1) is 6.72. The van der Waals surface area contributed by atoms with Gasteiger partial charge in [-0.25, -0.2) is 0 Å². The van der Waals surface area contributed by atoms with E-state index in [0.29, 0.717) is 6.42 Å². The van der Waals surface area contributed by atoms with Crippen LogP contribution in [0.2, 0.25) is 0 Å². The SMILES string of the molecule is C=CCCSCC1(CC(=O)OC)CC1. The van der Waals surface area contributed by atoms with Crippen molar-refractivity contribution in [2.24, 2.45) is 5.41 Å². The lowest BCUT2D eigenvalue weighted by atomic mass is 10.1. The van der Waals surface area contributed by atoms with Crippen LogP contribution >= 0.6 is 11.8 Å². The summed E-state index contributed by atoms with van der Waals surface area (Å²) in [4.78, 5) is 11.1. The lowest BCUT2D eigenvalue weighted by molar-refractivity contribution is -0.141. The molecule has 0 spiro atoms. The van der Waals surface area contributed by atoms with Gasteiger partial charge in [0.1, 0.15) is 0 Å². The molecule has 0 atom stereocenters. The summed E-state index contributed by atoms with van der Waals surface area (Å²) in [6.07, 6.45) is 5.96. The van der Waals surface area contributed by atoms with Crippen molar-refractivity contribution in [3.63, 3.8) is 0 Å². The van der Waals surface area contributed by atoms with Gasteiger partial charge in [0, 0.05) is 0 Å². The molecule has 2 nitrogen and oxygen atoms in total. The highest BCUT2D eigenvalue weighted by atomic mass is 32.2.